The lowest BCUT2D eigenvalue weighted by Crippen LogP contribution is -2.43. The van der Waals surface area contributed by atoms with Crippen molar-refractivity contribution in [2.24, 2.45) is 5.41 Å². The molecule has 0 bridgehead atoms. The molecule has 1 aromatic carbocycles. The molecule has 1 saturated carbocycles. The Kier molecular flexibility index (Phi) is 6.36. The van der Waals surface area contributed by atoms with Gasteiger partial charge in [0.2, 0.25) is 10.0 Å². The standard InChI is InChI=1S/C21H27N3O4S/c1-24(28-2)20(25)21(13-12-18(15-21)23-29(3,26)27)14-17-10-7-11-19(22-17)16-8-5-4-6-9-16/h4-11,18,23H,12-15H2,1-3H3/t18-,21+/m0/s1. The van der Waals surface area contributed by atoms with Gasteiger partial charge in [0.1, 0.15) is 0 Å². The van der Waals surface area contributed by atoms with Crippen molar-refractivity contribution in [3.8, 4) is 11.3 Å². The predicted molar refractivity (Wildman–Crippen MR) is 111 cm³/mol. The molecule has 29 heavy (non-hydrogen) atoms. The molecule has 7 nitrogen and oxygen atoms in total. The lowest BCUT2D eigenvalue weighted by molar-refractivity contribution is -0.180. The summed E-state index contributed by atoms with van der Waals surface area (Å²) in [7, 11) is -0.323. The number of hydrogen-bond acceptors (Lipinski definition) is 5. The van der Waals surface area contributed by atoms with E-state index in [1.54, 1.807) is 7.05 Å². The first-order chi connectivity index (χ1) is 13.7. The first-order valence-corrected chi connectivity index (χ1v) is 11.4. The SMILES string of the molecule is CON(C)C(=O)[C@@]1(Cc2cccc(-c3ccccc3)n2)CC[C@H](NS(C)(=O)=O)C1. The Balaban J connectivity index is 1.89. The van der Waals surface area contributed by atoms with Crippen LogP contribution in [0.15, 0.2) is 48.5 Å². The van der Waals surface area contributed by atoms with E-state index in [0.29, 0.717) is 25.7 Å². The molecule has 156 valence electrons. The van der Waals surface area contributed by atoms with Gasteiger partial charge in [0, 0.05) is 30.8 Å². The quantitative estimate of drug-likeness (QED) is 0.699. The number of benzene rings is 1. The third-order valence-corrected chi connectivity index (χ3v) is 6.16. The van der Waals surface area contributed by atoms with Gasteiger partial charge in [-0.1, -0.05) is 36.4 Å². The number of carbonyl (C=O) groups is 1. The molecule has 8 heteroatoms. The molecule has 3 rings (SSSR count). The van der Waals surface area contributed by atoms with Crippen LogP contribution in [0.3, 0.4) is 0 Å². The van der Waals surface area contributed by atoms with Crippen LogP contribution in [0.25, 0.3) is 11.3 Å². The molecule has 1 fully saturated rings. The van der Waals surface area contributed by atoms with Crippen molar-refractivity contribution >= 4 is 15.9 Å². The van der Waals surface area contributed by atoms with Crippen LogP contribution in [-0.2, 0) is 26.1 Å². The molecule has 1 aliphatic rings. The lowest BCUT2D eigenvalue weighted by Gasteiger charge is -2.31. The Labute approximate surface area is 172 Å². The van der Waals surface area contributed by atoms with Crippen molar-refractivity contribution in [2.75, 3.05) is 20.4 Å². The highest BCUT2D eigenvalue weighted by atomic mass is 32.2. The first-order valence-electron chi connectivity index (χ1n) is 9.53. The van der Waals surface area contributed by atoms with Crippen LogP contribution in [-0.4, -0.2) is 50.8 Å². The van der Waals surface area contributed by atoms with E-state index in [-0.39, 0.29) is 11.9 Å². The Bertz CT molecular complexity index is 965. The molecule has 2 aromatic rings. The largest absolute Gasteiger partial charge is 0.275 e. The summed E-state index contributed by atoms with van der Waals surface area (Å²) in [5.74, 6) is -0.162. The first kappa shape index (κ1) is 21.4. The second-order valence-corrected chi connectivity index (χ2v) is 9.43. The summed E-state index contributed by atoms with van der Waals surface area (Å²) < 4.78 is 26.0. The summed E-state index contributed by atoms with van der Waals surface area (Å²) in [5, 5.41) is 1.23. The third kappa shape index (κ3) is 5.20. The van der Waals surface area contributed by atoms with Crippen LogP contribution in [0.5, 0.6) is 0 Å². The van der Waals surface area contributed by atoms with E-state index >= 15 is 0 Å². The monoisotopic (exact) mass is 417 g/mol. The van der Waals surface area contributed by atoms with E-state index in [4.69, 9.17) is 9.82 Å². The van der Waals surface area contributed by atoms with E-state index in [1.165, 1.54) is 12.2 Å². The number of nitrogens with zero attached hydrogens (tertiary/aromatic N) is 2. The minimum Gasteiger partial charge on any atom is -0.275 e. The summed E-state index contributed by atoms with van der Waals surface area (Å²) in [5.41, 5.74) is 1.88. The fourth-order valence-corrected chi connectivity index (χ4v) is 4.88. The number of hydroxylamine groups is 2. The Morgan fingerprint density at radius 1 is 1.24 bits per heavy atom. The maximum absolute atomic E-state index is 13.2. The zero-order chi connectivity index (χ0) is 21.1. The molecular formula is C21H27N3O4S. The summed E-state index contributed by atoms with van der Waals surface area (Å²) in [4.78, 5) is 23.1. The number of rotatable bonds is 7. The second kappa shape index (κ2) is 8.61. The van der Waals surface area contributed by atoms with Gasteiger partial charge < -0.3 is 0 Å². The Morgan fingerprint density at radius 3 is 2.62 bits per heavy atom. The van der Waals surface area contributed by atoms with Crippen LogP contribution in [0.4, 0.5) is 0 Å². The van der Waals surface area contributed by atoms with Crippen molar-refractivity contribution < 1.29 is 18.0 Å². The number of nitrogens with one attached hydrogen (secondary N) is 1. The maximum atomic E-state index is 13.2. The van der Waals surface area contributed by atoms with Gasteiger partial charge >= 0.3 is 0 Å². The molecule has 1 N–H and O–H groups in total. The molecule has 0 saturated heterocycles. The second-order valence-electron chi connectivity index (χ2n) is 7.65. The minimum absolute atomic E-state index is 0.162. The van der Waals surface area contributed by atoms with E-state index in [1.807, 2.05) is 48.5 Å². The van der Waals surface area contributed by atoms with Crippen LogP contribution in [0.2, 0.25) is 0 Å². The minimum atomic E-state index is -3.35. The van der Waals surface area contributed by atoms with E-state index < -0.39 is 15.4 Å². The molecule has 1 heterocycles. The Morgan fingerprint density at radius 2 is 1.97 bits per heavy atom. The number of hydrogen-bond donors (Lipinski definition) is 1. The number of amides is 1. The van der Waals surface area contributed by atoms with Gasteiger partial charge in [-0.15, -0.1) is 0 Å². The Hall–Kier alpha value is -2.29. The summed E-state index contributed by atoms with van der Waals surface area (Å²) in [6.07, 6.45) is 3.12. The third-order valence-electron chi connectivity index (χ3n) is 5.40. The van der Waals surface area contributed by atoms with Gasteiger partial charge in [-0.05, 0) is 31.4 Å². The van der Waals surface area contributed by atoms with Gasteiger partial charge in [0.25, 0.3) is 5.91 Å². The molecule has 1 aliphatic carbocycles. The fraction of sp³-hybridized carbons (Fsp3) is 0.429. The average molecular weight is 418 g/mol. The van der Waals surface area contributed by atoms with Crippen LogP contribution >= 0.6 is 0 Å². The highest BCUT2D eigenvalue weighted by molar-refractivity contribution is 7.88. The smallest absolute Gasteiger partial charge is 0.252 e. The van der Waals surface area contributed by atoms with Crippen molar-refractivity contribution in [2.45, 2.75) is 31.7 Å². The fourth-order valence-electron chi connectivity index (χ4n) is 4.07. The number of aromatic nitrogens is 1. The molecule has 0 unspecified atom stereocenters. The van der Waals surface area contributed by atoms with Crippen LogP contribution in [0, 0.1) is 5.41 Å². The zero-order valence-corrected chi connectivity index (χ0v) is 17.8. The van der Waals surface area contributed by atoms with Gasteiger partial charge in [0.15, 0.2) is 0 Å². The van der Waals surface area contributed by atoms with Gasteiger partial charge in [0.05, 0.1) is 24.5 Å². The maximum Gasteiger partial charge on any atom is 0.252 e. The van der Waals surface area contributed by atoms with Gasteiger partial charge in [-0.3, -0.25) is 14.6 Å². The van der Waals surface area contributed by atoms with Gasteiger partial charge in [-0.2, -0.15) is 0 Å². The zero-order valence-electron chi connectivity index (χ0n) is 17.0. The number of sulfonamides is 1. The topological polar surface area (TPSA) is 88.6 Å². The predicted octanol–water partition coefficient (Wildman–Crippen LogP) is 2.40. The molecule has 1 aromatic heterocycles. The van der Waals surface area contributed by atoms with Crippen molar-refractivity contribution in [1.82, 2.24) is 14.8 Å². The summed E-state index contributed by atoms with van der Waals surface area (Å²) in [6.45, 7) is 0. The summed E-state index contributed by atoms with van der Waals surface area (Å²) >= 11 is 0. The molecular weight excluding hydrogens is 390 g/mol. The molecule has 0 aliphatic heterocycles. The lowest BCUT2D eigenvalue weighted by atomic mass is 9.80. The molecule has 0 radical (unpaired) electrons. The number of carbonyl (C=O) groups excluding carboxylic acids is 1. The van der Waals surface area contributed by atoms with Crippen molar-refractivity contribution in [3.05, 3.63) is 54.2 Å². The summed E-state index contributed by atoms with van der Waals surface area (Å²) in [6, 6.07) is 15.4. The van der Waals surface area contributed by atoms with Gasteiger partial charge in [-0.25, -0.2) is 18.2 Å². The highest BCUT2D eigenvalue weighted by Crippen LogP contribution is 2.43. The average Bonchev–Trinajstić information content (AvgIpc) is 3.09. The molecule has 2 atom stereocenters. The van der Waals surface area contributed by atoms with Crippen molar-refractivity contribution in [3.63, 3.8) is 0 Å². The normalized spacial score (nSPS) is 21.8. The van der Waals surface area contributed by atoms with E-state index in [2.05, 4.69) is 4.72 Å². The van der Waals surface area contributed by atoms with E-state index in [9.17, 15) is 13.2 Å². The van der Waals surface area contributed by atoms with Crippen molar-refractivity contribution in [1.29, 1.82) is 0 Å². The highest BCUT2D eigenvalue weighted by Gasteiger charge is 2.47. The van der Waals surface area contributed by atoms with Crippen LogP contribution < -0.4 is 4.72 Å². The molecule has 0 spiro atoms. The molecule has 1 amide bonds. The van der Waals surface area contributed by atoms with E-state index in [0.717, 1.165) is 23.2 Å². The van der Waals surface area contributed by atoms with Crippen LogP contribution in [0.1, 0.15) is 25.0 Å². The number of pyridine rings is 1.